The molecule has 2 nitrogen and oxygen atoms in total. The minimum absolute atomic E-state index is 0. The molecule has 1 saturated heterocycles. The van der Waals surface area contributed by atoms with E-state index in [4.69, 9.17) is 27.9 Å². The van der Waals surface area contributed by atoms with Crippen molar-refractivity contribution in [3.63, 3.8) is 0 Å². The van der Waals surface area contributed by atoms with Crippen LogP contribution in [0, 0.1) is 11.8 Å². The van der Waals surface area contributed by atoms with E-state index >= 15 is 0 Å². The van der Waals surface area contributed by atoms with Gasteiger partial charge in [0.1, 0.15) is 5.75 Å². The maximum atomic E-state index is 5.99. The summed E-state index contributed by atoms with van der Waals surface area (Å²) < 4.78 is 5.85. The fourth-order valence-corrected chi connectivity index (χ4v) is 3.07. The van der Waals surface area contributed by atoms with E-state index in [1.54, 1.807) is 12.1 Å². The Bertz CT molecular complexity index is 457. The number of rotatable bonds is 5. The molecule has 0 bridgehead atoms. The van der Waals surface area contributed by atoms with Crippen LogP contribution >= 0.6 is 35.6 Å². The molecule has 1 aromatic rings. The number of hydrogen-bond donors (Lipinski definition) is 0. The van der Waals surface area contributed by atoms with Crippen LogP contribution in [0.2, 0.25) is 10.0 Å². The predicted molar refractivity (Wildman–Crippen MR) is 91.1 cm³/mol. The summed E-state index contributed by atoms with van der Waals surface area (Å²) >= 11 is 11.9. The highest BCUT2D eigenvalue weighted by atomic mass is 35.5. The molecular weight excluding hydrogens is 329 g/mol. The molecule has 0 unspecified atom stereocenters. The highest BCUT2D eigenvalue weighted by Gasteiger charge is 2.27. The van der Waals surface area contributed by atoms with Crippen LogP contribution in [0.4, 0.5) is 0 Å². The maximum Gasteiger partial charge on any atom is 0.120 e. The lowest BCUT2D eigenvalue weighted by molar-refractivity contribution is 0.138. The quantitative estimate of drug-likeness (QED) is 0.747. The van der Waals surface area contributed by atoms with Gasteiger partial charge in [-0.05, 0) is 62.7 Å². The molecule has 21 heavy (non-hydrogen) atoms. The molecule has 0 aromatic heterocycles. The van der Waals surface area contributed by atoms with Crippen molar-refractivity contribution in [3.05, 3.63) is 28.2 Å². The van der Waals surface area contributed by atoms with Gasteiger partial charge in [-0.25, -0.2) is 0 Å². The summed E-state index contributed by atoms with van der Waals surface area (Å²) in [4.78, 5) is 2.62. The van der Waals surface area contributed by atoms with Crippen molar-refractivity contribution in [1.82, 2.24) is 4.90 Å². The third kappa shape index (κ3) is 5.21. The average Bonchev–Trinajstić information content (AvgIpc) is 3.26. The first kappa shape index (κ1) is 17.2. The number of benzene rings is 1. The Morgan fingerprint density at radius 2 is 1.71 bits per heavy atom. The topological polar surface area (TPSA) is 12.5 Å². The van der Waals surface area contributed by atoms with E-state index in [0.717, 1.165) is 18.3 Å². The molecule has 1 heterocycles. The predicted octanol–water partition coefficient (Wildman–Crippen LogP) is 4.92. The van der Waals surface area contributed by atoms with Gasteiger partial charge in [-0.2, -0.15) is 0 Å². The van der Waals surface area contributed by atoms with E-state index in [1.807, 2.05) is 6.07 Å². The number of hydrogen-bond acceptors (Lipinski definition) is 2. The molecule has 2 fully saturated rings. The molecule has 118 valence electrons. The zero-order valence-corrected chi connectivity index (χ0v) is 14.4. The van der Waals surface area contributed by atoms with Gasteiger partial charge in [-0.3, -0.25) is 0 Å². The van der Waals surface area contributed by atoms with E-state index in [0.29, 0.717) is 16.0 Å². The van der Waals surface area contributed by atoms with Gasteiger partial charge in [0.2, 0.25) is 0 Å². The molecule has 0 spiro atoms. The fourth-order valence-electron chi connectivity index (χ4n) is 2.78. The van der Waals surface area contributed by atoms with Crippen molar-refractivity contribution in [3.8, 4) is 5.75 Å². The molecule has 0 atom stereocenters. The molecule has 1 aliphatic carbocycles. The SMILES string of the molecule is Cl.Clc1ccc(OCC2CCN(CC3CC3)CC2)cc1Cl. The van der Waals surface area contributed by atoms with Gasteiger partial charge in [-0.1, -0.05) is 23.2 Å². The minimum atomic E-state index is 0. The lowest BCUT2D eigenvalue weighted by atomic mass is 9.97. The number of piperidine rings is 1. The summed E-state index contributed by atoms with van der Waals surface area (Å²) in [5, 5.41) is 1.14. The van der Waals surface area contributed by atoms with Gasteiger partial charge in [0.25, 0.3) is 0 Å². The average molecular weight is 351 g/mol. The van der Waals surface area contributed by atoms with Gasteiger partial charge in [-0.15, -0.1) is 12.4 Å². The summed E-state index contributed by atoms with van der Waals surface area (Å²) in [6.45, 7) is 4.56. The van der Waals surface area contributed by atoms with Crippen LogP contribution in [0.1, 0.15) is 25.7 Å². The first-order chi connectivity index (χ1) is 9.70. The summed E-state index contributed by atoms with van der Waals surface area (Å²) in [6.07, 6.45) is 5.38. The van der Waals surface area contributed by atoms with Crippen molar-refractivity contribution < 1.29 is 4.74 Å². The third-order valence-corrected chi connectivity index (χ3v) is 5.04. The Kier molecular flexibility index (Phi) is 6.49. The van der Waals surface area contributed by atoms with Crippen molar-refractivity contribution in [2.75, 3.05) is 26.2 Å². The van der Waals surface area contributed by atoms with Crippen LogP contribution in [0.3, 0.4) is 0 Å². The summed E-state index contributed by atoms with van der Waals surface area (Å²) in [5.74, 6) is 2.48. The normalized spacial score (nSPS) is 20.1. The molecule has 0 N–H and O–H groups in total. The standard InChI is InChI=1S/C16H21Cl2NO.ClH/c17-15-4-3-14(9-16(15)18)20-11-13-5-7-19(8-6-13)10-12-1-2-12;/h3-4,9,12-13H,1-2,5-8,10-11H2;1H. The van der Waals surface area contributed by atoms with E-state index in [-0.39, 0.29) is 12.4 Å². The largest absolute Gasteiger partial charge is 0.493 e. The lowest BCUT2D eigenvalue weighted by Crippen LogP contribution is -2.36. The second-order valence-electron chi connectivity index (χ2n) is 6.07. The number of halogens is 3. The second-order valence-corrected chi connectivity index (χ2v) is 6.89. The van der Waals surface area contributed by atoms with Gasteiger partial charge in [0.05, 0.1) is 16.7 Å². The van der Waals surface area contributed by atoms with Gasteiger partial charge in [0, 0.05) is 12.6 Å². The fraction of sp³-hybridized carbons (Fsp3) is 0.625. The summed E-state index contributed by atoms with van der Waals surface area (Å²) in [6, 6.07) is 5.47. The monoisotopic (exact) mass is 349 g/mol. The van der Waals surface area contributed by atoms with Crippen molar-refractivity contribution in [2.45, 2.75) is 25.7 Å². The molecule has 0 amide bonds. The van der Waals surface area contributed by atoms with Crippen LogP contribution in [0.25, 0.3) is 0 Å². The van der Waals surface area contributed by atoms with E-state index in [2.05, 4.69) is 4.90 Å². The van der Waals surface area contributed by atoms with Crippen molar-refractivity contribution in [2.24, 2.45) is 11.8 Å². The first-order valence-electron chi connectivity index (χ1n) is 7.51. The van der Waals surface area contributed by atoms with Crippen molar-refractivity contribution >= 4 is 35.6 Å². The molecular formula is C16H22Cl3NO. The summed E-state index contributed by atoms with van der Waals surface area (Å²) in [7, 11) is 0. The zero-order valence-electron chi connectivity index (χ0n) is 12.1. The van der Waals surface area contributed by atoms with Crippen molar-refractivity contribution in [1.29, 1.82) is 0 Å². The van der Waals surface area contributed by atoms with Gasteiger partial charge >= 0.3 is 0 Å². The van der Waals surface area contributed by atoms with Gasteiger partial charge in [0.15, 0.2) is 0 Å². The van der Waals surface area contributed by atoms with E-state index in [9.17, 15) is 0 Å². The first-order valence-corrected chi connectivity index (χ1v) is 8.26. The summed E-state index contributed by atoms with van der Waals surface area (Å²) in [5.41, 5.74) is 0. The Balaban J connectivity index is 0.00000161. The van der Waals surface area contributed by atoms with Crippen LogP contribution in [0.15, 0.2) is 18.2 Å². The van der Waals surface area contributed by atoms with Crippen LogP contribution in [0.5, 0.6) is 5.75 Å². The Morgan fingerprint density at radius 3 is 2.33 bits per heavy atom. The Morgan fingerprint density at radius 1 is 1.00 bits per heavy atom. The molecule has 1 saturated carbocycles. The van der Waals surface area contributed by atoms with Crippen LogP contribution in [-0.2, 0) is 0 Å². The number of nitrogens with zero attached hydrogens (tertiary/aromatic N) is 1. The molecule has 1 aliphatic heterocycles. The maximum absolute atomic E-state index is 5.99. The van der Waals surface area contributed by atoms with E-state index < -0.39 is 0 Å². The molecule has 2 aliphatic rings. The molecule has 5 heteroatoms. The number of likely N-dealkylation sites (tertiary alicyclic amines) is 1. The lowest BCUT2D eigenvalue weighted by Gasteiger charge is -2.31. The zero-order chi connectivity index (χ0) is 13.9. The molecule has 0 radical (unpaired) electrons. The highest BCUT2D eigenvalue weighted by Crippen LogP contribution is 2.31. The van der Waals surface area contributed by atoms with Gasteiger partial charge < -0.3 is 9.64 Å². The van der Waals surface area contributed by atoms with E-state index in [1.165, 1.54) is 45.3 Å². The minimum Gasteiger partial charge on any atom is -0.493 e. The highest BCUT2D eigenvalue weighted by molar-refractivity contribution is 6.42. The van der Waals surface area contributed by atoms with Crippen LogP contribution < -0.4 is 4.74 Å². The number of ether oxygens (including phenoxy) is 1. The smallest absolute Gasteiger partial charge is 0.120 e. The second kappa shape index (κ2) is 7.92. The Labute approximate surface area is 143 Å². The van der Waals surface area contributed by atoms with Crippen LogP contribution in [-0.4, -0.2) is 31.1 Å². The molecule has 1 aromatic carbocycles. The Hall–Kier alpha value is -0.150. The third-order valence-electron chi connectivity index (χ3n) is 4.30. The molecule has 3 rings (SSSR count).